The molecule has 7 rings (SSSR count). The van der Waals surface area contributed by atoms with E-state index in [-0.39, 0.29) is 24.1 Å². The highest BCUT2D eigenvalue weighted by Crippen LogP contribution is 2.38. The monoisotopic (exact) mass is 998 g/mol. The molecule has 2 heterocycles. The Morgan fingerprint density at radius 2 is 1.43 bits per heavy atom. The fourth-order valence-electron chi connectivity index (χ4n) is 8.50. The third-order valence-corrected chi connectivity index (χ3v) is 16.6. The summed E-state index contributed by atoms with van der Waals surface area (Å²) in [5, 5.41) is 13.0. The summed E-state index contributed by atoms with van der Waals surface area (Å²) >= 11 is 7.57. The molecule has 67 heavy (non-hydrogen) atoms. The van der Waals surface area contributed by atoms with E-state index in [4.69, 9.17) is 17.3 Å². The molecule has 0 spiro atoms. The normalized spacial score (nSPS) is 16.7. The van der Waals surface area contributed by atoms with Crippen molar-refractivity contribution >= 4 is 60.5 Å². The smallest absolute Gasteiger partial charge is 0.395 e. The van der Waals surface area contributed by atoms with Crippen LogP contribution in [0.4, 0.5) is 24.5 Å². The third-order valence-electron chi connectivity index (χ3n) is 12.3. The number of thioether (sulfide) groups is 1. The second-order valence-electron chi connectivity index (χ2n) is 16.7. The summed E-state index contributed by atoms with van der Waals surface area (Å²) in [5.74, 6) is -0.498. The van der Waals surface area contributed by atoms with Crippen LogP contribution in [0.25, 0.3) is 11.1 Å². The first-order valence-corrected chi connectivity index (χ1v) is 26.3. The first-order chi connectivity index (χ1) is 32.0. The van der Waals surface area contributed by atoms with Crippen LogP contribution in [0, 0.1) is 5.92 Å². The lowest BCUT2D eigenvalue weighted by atomic mass is 9.83. The molecule has 2 saturated heterocycles. The molecule has 0 unspecified atom stereocenters. The molecule has 5 aromatic rings. The van der Waals surface area contributed by atoms with Crippen molar-refractivity contribution in [3.8, 4) is 11.1 Å². The molecule has 0 radical (unpaired) electrons. The van der Waals surface area contributed by atoms with Crippen LogP contribution in [0.1, 0.15) is 41.2 Å². The molecule has 358 valence electrons. The van der Waals surface area contributed by atoms with E-state index in [0.717, 1.165) is 65.3 Å². The second kappa shape index (κ2) is 22.2. The second-order valence-corrected chi connectivity index (χ2v) is 21.8. The number of sulfone groups is 1. The number of carbonyl (C=O) groups excluding carboxylic acids is 1. The number of aliphatic hydroxyl groups is 1. The number of anilines is 2. The van der Waals surface area contributed by atoms with Gasteiger partial charge < -0.3 is 26.0 Å². The van der Waals surface area contributed by atoms with Crippen molar-refractivity contribution in [2.75, 3.05) is 74.9 Å². The number of piperidine rings is 1. The van der Waals surface area contributed by atoms with Crippen LogP contribution in [-0.4, -0.2) is 114 Å². The Balaban J connectivity index is 1.02. The van der Waals surface area contributed by atoms with Crippen molar-refractivity contribution in [3.63, 3.8) is 0 Å². The van der Waals surface area contributed by atoms with Crippen molar-refractivity contribution in [1.29, 1.82) is 0 Å². The van der Waals surface area contributed by atoms with E-state index in [1.165, 1.54) is 23.9 Å². The minimum absolute atomic E-state index is 0.0296. The number of nitrogens with one attached hydrogen (secondary N) is 2. The predicted octanol–water partition coefficient (Wildman–Crippen LogP) is 7.91. The highest BCUT2D eigenvalue weighted by Gasteiger charge is 2.48. The van der Waals surface area contributed by atoms with Gasteiger partial charge in [-0.15, -0.1) is 11.8 Å². The average Bonchev–Trinajstić information content (AvgIpc) is 3.33. The van der Waals surface area contributed by atoms with Gasteiger partial charge in [0.15, 0.2) is 0 Å². The highest BCUT2D eigenvalue weighted by molar-refractivity contribution is 7.99. The molecular weight excluding hydrogens is 945 g/mol. The summed E-state index contributed by atoms with van der Waals surface area (Å²) in [6.07, 6.45) is 2.02. The SMILES string of the molecule is N[C@H](c1ccccc1-c1ccc(Cl)cc1)C1CCN(c2ccc(C(=O)NS(=O)(=O)c3ccc(N[C@@H](CCN4CCN(CCO)CC4)CSc4ccccc4)c(S(=O)(=O)C(F)(F)F)c3)cc2)CC1. The number of amides is 1. The van der Waals surface area contributed by atoms with Gasteiger partial charge in [0.05, 0.1) is 17.2 Å². The first kappa shape index (κ1) is 50.2. The molecular formula is C48H54ClF3N6O6S3. The number of benzene rings is 5. The number of hydrogen-bond acceptors (Lipinski definition) is 12. The van der Waals surface area contributed by atoms with Gasteiger partial charge in [0.25, 0.3) is 25.8 Å². The maximum atomic E-state index is 14.2. The van der Waals surface area contributed by atoms with Gasteiger partial charge in [0, 0.05) is 91.4 Å². The van der Waals surface area contributed by atoms with Crippen molar-refractivity contribution in [3.05, 3.63) is 137 Å². The van der Waals surface area contributed by atoms with E-state index >= 15 is 0 Å². The number of hydrogen-bond donors (Lipinski definition) is 4. The maximum absolute atomic E-state index is 14.2. The van der Waals surface area contributed by atoms with Gasteiger partial charge in [0.2, 0.25) is 0 Å². The van der Waals surface area contributed by atoms with Crippen LogP contribution >= 0.6 is 23.4 Å². The number of nitrogens with zero attached hydrogens (tertiary/aromatic N) is 3. The van der Waals surface area contributed by atoms with Gasteiger partial charge in [0.1, 0.15) is 4.90 Å². The Bertz CT molecular complexity index is 2670. The van der Waals surface area contributed by atoms with Crippen molar-refractivity contribution in [1.82, 2.24) is 14.5 Å². The van der Waals surface area contributed by atoms with E-state index in [1.807, 2.05) is 71.5 Å². The fourth-order valence-corrected chi connectivity index (χ4v) is 11.6. The fraction of sp³-hybridized carbons (Fsp3) is 0.354. The lowest BCUT2D eigenvalue weighted by Crippen LogP contribution is -2.48. The number of piperazine rings is 1. The molecule has 2 atom stereocenters. The maximum Gasteiger partial charge on any atom is 0.501 e. The number of β-amino-alcohol motifs (C(OH)–C–C–N with tert-alkyl or cyclic N) is 1. The van der Waals surface area contributed by atoms with Gasteiger partial charge in [-0.2, -0.15) is 13.2 Å². The lowest BCUT2D eigenvalue weighted by molar-refractivity contribution is -0.0435. The van der Waals surface area contributed by atoms with Crippen molar-refractivity contribution < 1.29 is 39.9 Å². The van der Waals surface area contributed by atoms with Crippen molar-refractivity contribution in [2.45, 2.75) is 51.5 Å². The minimum atomic E-state index is -6.08. The number of carbonyl (C=O) groups is 1. The van der Waals surface area contributed by atoms with Crippen molar-refractivity contribution in [2.24, 2.45) is 11.7 Å². The lowest BCUT2D eigenvalue weighted by Gasteiger charge is -2.36. The standard InChI is InChI=1S/C48H54ClF3N6O6S3/c49-37-14-10-34(11-15-37)42-8-4-5-9-43(42)46(53)35-20-24-58(25-21-35)39-16-12-36(13-17-39)47(60)55-67(63,64)41-18-19-44(45(32-41)66(61,62)48(50,51)52)54-38(33-65-40-6-2-1-3-7-40)22-23-56-26-28-57(29-27-56)30-31-59/h1-19,32,35,38,46,54,59H,20-31,33,53H2,(H,55,60)/t38-,46-/m0/s1. The quantitative estimate of drug-likeness (QED) is 0.0629. The van der Waals surface area contributed by atoms with E-state index in [0.29, 0.717) is 62.5 Å². The molecule has 2 fully saturated rings. The van der Waals surface area contributed by atoms with Crippen LogP contribution in [-0.2, 0) is 19.9 Å². The number of halogens is 4. The number of aliphatic hydroxyl groups excluding tert-OH is 1. The molecule has 0 aliphatic carbocycles. The highest BCUT2D eigenvalue weighted by atomic mass is 35.5. The zero-order valence-electron chi connectivity index (χ0n) is 36.6. The van der Waals surface area contributed by atoms with E-state index in [9.17, 15) is 39.9 Å². The van der Waals surface area contributed by atoms with Crippen LogP contribution in [0.15, 0.2) is 136 Å². The largest absolute Gasteiger partial charge is 0.501 e. The molecule has 0 bridgehead atoms. The van der Waals surface area contributed by atoms with Crippen LogP contribution in [0.2, 0.25) is 5.02 Å². The summed E-state index contributed by atoms with van der Waals surface area (Å²) in [6.45, 7) is 5.44. The zero-order chi connectivity index (χ0) is 47.8. The molecule has 12 nitrogen and oxygen atoms in total. The van der Waals surface area contributed by atoms with Gasteiger partial charge in [-0.1, -0.05) is 66.2 Å². The summed E-state index contributed by atoms with van der Waals surface area (Å²) in [5.41, 5.74) is 4.61. The Labute approximate surface area is 399 Å². The average molecular weight is 1000 g/mol. The topological polar surface area (TPSA) is 165 Å². The summed E-state index contributed by atoms with van der Waals surface area (Å²) in [7, 11) is -11.0. The van der Waals surface area contributed by atoms with Crippen LogP contribution in [0.3, 0.4) is 0 Å². The number of sulfonamides is 1. The number of rotatable bonds is 18. The van der Waals surface area contributed by atoms with Gasteiger partial charge in [-0.3, -0.25) is 9.69 Å². The molecule has 0 saturated carbocycles. The van der Waals surface area contributed by atoms with E-state index < -0.39 is 52.8 Å². The van der Waals surface area contributed by atoms with Gasteiger partial charge in [-0.05, 0) is 109 Å². The molecule has 2 aliphatic heterocycles. The molecule has 19 heteroatoms. The predicted molar refractivity (Wildman–Crippen MR) is 259 cm³/mol. The van der Waals surface area contributed by atoms with E-state index in [2.05, 4.69) is 32.1 Å². The van der Waals surface area contributed by atoms with Crippen LogP contribution < -0.4 is 20.7 Å². The molecule has 5 aromatic carbocycles. The summed E-state index contributed by atoms with van der Waals surface area (Å²) in [4.78, 5) is 18.6. The summed E-state index contributed by atoms with van der Waals surface area (Å²) < 4.78 is 98.1. The Morgan fingerprint density at radius 1 is 0.806 bits per heavy atom. The summed E-state index contributed by atoms with van der Waals surface area (Å²) in [6, 6.07) is 33.0. The van der Waals surface area contributed by atoms with Gasteiger partial charge in [-0.25, -0.2) is 21.6 Å². The first-order valence-electron chi connectivity index (χ1n) is 22.0. The Kier molecular flexibility index (Phi) is 16.6. The Morgan fingerprint density at radius 3 is 2.07 bits per heavy atom. The van der Waals surface area contributed by atoms with Gasteiger partial charge >= 0.3 is 5.51 Å². The minimum Gasteiger partial charge on any atom is -0.395 e. The zero-order valence-corrected chi connectivity index (χ0v) is 39.8. The molecule has 0 aromatic heterocycles. The van der Waals surface area contributed by atoms with Crippen LogP contribution in [0.5, 0.6) is 0 Å². The van der Waals surface area contributed by atoms with E-state index in [1.54, 1.807) is 12.1 Å². The number of nitrogens with two attached hydrogens (primary N) is 1. The molecule has 5 N–H and O–H groups in total. The molecule has 1 amide bonds. The number of alkyl halides is 3. The third kappa shape index (κ3) is 12.7. The Hall–Kier alpha value is -4.66. The molecule has 2 aliphatic rings.